The van der Waals surface area contributed by atoms with Gasteiger partial charge in [-0.15, -0.1) is 0 Å². The molecule has 2 N–H and O–H groups in total. The Labute approximate surface area is 174 Å². The summed E-state index contributed by atoms with van der Waals surface area (Å²) in [5, 5.41) is 13.2. The van der Waals surface area contributed by atoms with E-state index in [4.69, 9.17) is 8.22 Å². The van der Waals surface area contributed by atoms with E-state index in [1.54, 1.807) is 19.9 Å². The number of fused-ring (bicyclic) bond motifs is 1. The normalized spacial score (nSPS) is 20.8. The lowest BCUT2D eigenvalue weighted by Crippen LogP contribution is -2.33. The number of amides is 1. The van der Waals surface area contributed by atoms with Crippen LogP contribution in [0.1, 0.15) is 63.6 Å². The van der Waals surface area contributed by atoms with Crippen molar-refractivity contribution in [2.45, 2.75) is 53.5 Å². The smallest absolute Gasteiger partial charge is 0.224 e. The van der Waals surface area contributed by atoms with E-state index in [1.807, 2.05) is 17.0 Å². The van der Waals surface area contributed by atoms with E-state index in [2.05, 4.69) is 5.32 Å². The number of carbonyl (C=O) groups excluding carboxylic acids is 1. The summed E-state index contributed by atoms with van der Waals surface area (Å²) in [6.07, 6.45) is -1.54. The molecule has 1 amide bonds. The van der Waals surface area contributed by atoms with Gasteiger partial charge in [0, 0.05) is 39.1 Å². The number of anilines is 2. The number of halogens is 1. The molecule has 0 bridgehead atoms. The number of rotatable bonds is 3. The second-order valence-electron chi connectivity index (χ2n) is 7.75. The van der Waals surface area contributed by atoms with Crippen LogP contribution in [0.15, 0.2) is 30.3 Å². The molecular weight excluding hydrogens is 355 g/mol. The van der Waals surface area contributed by atoms with Crippen LogP contribution in [0.5, 0.6) is 0 Å². The summed E-state index contributed by atoms with van der Waals surface area (Å²) in [5.74, 6) is -1.09. The van der Waals surface area contributed by atoms with Crippen LogP contribution in [0.2, 0.25) is 0 Å². The van der Waals surface area contributed by atoms with Crippen LogP contribution in [0.3, 0.4) is 0 Å². The summed E-state index contributed by atoms with van der Waals surface area (Å²) in [5.41, 5.74) is 1.88. The zero-order chi connectivity index (χ0) is 25.6. The number of benzene rings is 2. The topological polar surface area (TPSA) is 52.6 Å². The average molecular weight is 391 g/mol. The summed E-state index contributed by atoms with van der Waals surface area (Å²) in [4.78, 5) is 14.7. The van der Waals surface area contributed by atoms with E-state index in [1.165, 1.54) is 12.1 Å². The molecule has 1 heterocycles. The maximum absolute atomic E-state index is 13.6. The zero-order valence-electron chi connectivity index (χ0n) is 22.3. The Morgan fingerprint density at radius 2 is 2.00 bits per heavy atom. The van der Waals surface area contributed by atoms with Crippen LogP contribution in [-0.4, -0.2) is 17.6 Å². The minimum absolute atomic E-state index is 0.274. The molecule has 0 saturated heterocycles. The Morgan fingerprint density at radius 1 is 1.32 bits per heavy atom. The molecule has 2 aromatic rings. The van der Waals surface area contributed by atoms with Crippen molar-refractivity contribution in [2.75, 3.05) is 16.8 Å². The Bertz CT molecular complexity index is 1060. The van der Waals surface area contributed by atoms with Crippen molar-refractivity contribution in [2.24, 2.45) is 5.41 Å². The van der Waals surface area contributed by atoms with E-state index in [9.17, 15) is 14.3 Å². The van der Waals surface area contributed by atoms with Crippen LogP contribution in [0.4, 0.5) is 15.8 Å². The van der Waals surface area contributed by atoms with Gasteiger partial charge in [-0.1, -0.05) is 26.7 Å². The average Bonchev–Trinajstić information content (AvgIpc) is 2.69. The fourth-order valence-corrected chi connectivity index (χ4v) is 3.62. The third kappa shape index (κ3) is 4.53. The number of aliphatic hydroxyl groups excluding tert-OH is 1. The zero-order valence-corrected chi connectivity index (χ0v) is 16.3. The van der Waals surface area contributed by atoms with Crippen molar-refractivity contribution < 1.29 is 22.5 Å². The lowest BCUT2D eigenvalue weighted by Gasteiger charge is -2.34. The molecule has 4 nitrogen and oxygen atoms in total. The fraction of sp³-hybridized carbons (Fsp3) is 0.435. The first-order valence-corrected chi connectivity index (χ1v) is 9.16. The Morgan fingerprint density at radius 3 is 2.64 bits per heavy atom. The molecule has 5 heteroatoms. The molecule has 1 aliphatic heterocycles. The van der Waals surface area contributed by atoms with Crippen LogP contribution in [-0.2, 0) is 11.3 Å². The summed E-state index contributed by atoms with van der Waals surface area (Å²) in [6, 6.07) is 8.02. The van der Waals surface area contributed by atoms with Gasteiger partial charge < -0.3 is 15.3 Å². The number of nitrogens with one attached hydrogen (secondary N) is 1. The third-order valence-corrected chi connectivity index (χ3v) is 4.88. The number of aliphatic hydroxyl groups is 1. The summed E-state index contributed by atoms with van der Waals surface area (Å²) in [7, 11) is 0. The molecule has 0 radical (unpaired) electrons. The lowest BCUT2D eigenvalue weighted by atomic mass is 9.92. The predicted octanol–water partition coefficient (Wildman–Crippen LogP) is 4.87. The summed E-state index contributed by atoms with van der Waals surface area (Å²) in [6.45, 7) is -0.301. The SMILES string of the molecule is [2H]C([2H])([2H])C(C)(CC(=O)Nc1c(C)cc(N2Cc3ccc(F)cc3C(O)C2)cc1C)C([2H])([2H])[2H]. The first kappa shape index (κ1) is 13.7. The number of nitrogens with zero attached hydrogens (tertiary/aromatic N) is 1. The van der Waals surface area contributed by atoms with Gasteiger partial charge in [-0.3, -0.25) is 4.79 Å². The molecule has 0 fully saturated rings. The van der Waals surface area contributed by atoms with Crippen LogP contribution >= 0.6 is 0 Å². The molecule has 0 aromatic heterocycles. The van der Waals surface area contributed by atoms with Crippen molar-refractivity contribution in [3.63, 3.8) is 0 Å². The van der Waals surface area contributed by atoms with Crippen molar-refractivity contribution >= 4 is 17.3 Å². The highest BCUT2D eigenvalue weighted by Crippen LogP contribution is 2.34. The van der Waals surface area contributed by atoms with Gasteiger partial charge >= 0.3 is 0 Å². The van der Waals surface area contributed by atoms with Gasteiger partial charge in [0.2, 0.25) is 5.91 Å². The summed E-state index contributed by atoms with van der Waals surface area (Å²) >= 11 is 0. The number of aryl methyl sites for hydroxylation is 2. The Balaban J connectivity index is 1.83. The molecule has 0 aliphatic carbocycles. The standard InChI is InChI=1S/C23H29FN2O2/c1-14-8-18(9-15(2)22(14)25-21(28)11-23(3,4)5)26-12-16-6-7-17(24)10-19(16)20(27)13-26/h6-10,20,27H,11-13H2,1-5H3,(H,25,28)/i3D3,4D3. The monoisotopic (exact) mass is 390 g/mol. The molecular formula is C23H29FN2O2. The van der Waals surface area contributed by atoms with Gasteiger partial charge in [-0.05, 0) is 65.8 Å². The Kier molecular flexibility index (Phi) is 3.70. The molecule has 28 heavy (non-hydrogen) atoms. The van der Waals surface area contributed by atoms with Gasteiger partial charge in [0.05, 0.1) is 6.10 Å². The largest absolute Gasteiger partial charge is 0.387 e. The third-order valence-electron chi connectivity index (χ3n) is 4.88. The number of hydrogen-bond acceptors (Lipinski definition) is 3. The van der Waals surface area contributed by atoms with Crippen molar-refractivity contribution in [1.82, 2.24) is 0 Å². The van der Waals surface area contributed by atoms with E-state index >= 15 is 0 Å². The first-order chi connectivity index (χ1) is 15.5. The number of β-amino-alcohol motifs (C(OH)–C–C–N with tert-alkyl or cyclic N) is 1. The molecule has 1 atom stereocenters. The highest BCUT2D eigenvalue weighted by molar-refractivity contribution is 5.93. The van der Waals surface area contributed by atoms with E-state index < -0.39 is 43.4 Å². The highest BCUT2D eigenvalue weighted by atomic mass is 19.1. The van der Waals surface area contributed by atoms with Gasteiger partial charge in [0.15, 0.2) is 0 Å². The van der Waals surface area contributed by atoms with E-state index in [-0.39, 0.29) is 6.54 Å². The number of carbonyl (C=O) groups is 1. The lowest BCUT2D eigenvalue weighted by molar-refractivity contribution is -0.117. The van der Waals surface area contributed by atoms with Gasteiger partial charge in [0.1, 0.15) is 5.82 Å². The van der Waals surface area contributed by atoms with Crippen LogP contribution < -0.4 is 10.2 Å². The van der Waals surface area contributed by atoms with Gasteiger partial charge in [-0.2, -0.15) is 0 Å². The molecule has 150 valence electrons. The fourth-order valence-electron chi connectivity index (χ4n) is 3.62. The highest BCUT2D eigenvalue weighted by Gasteiger charge is 2.25. The molecule has 3 rings (SSSR count). The maximum atomic E-state index is 13.6. The van der Waals surface area contributed by atoms with E-state index in [0.717, 1.165) is 18.2 Å². The van der Waals surface area contributed by atoms with E-state index in [0.29, 0.717) is 28.9 Å². The molecule has 0 spiro atoms. The van der Waals surface area contributed by atoms with Crippen molar-refractivity contribution in [3.8, 4) is 0 Å². The number of hydrogen-bond donors (Lipinski definition) is 2. The first-order valence-electron chi connectivity index (χ1n) is 12.2. The summed E-state index contributed by atoms with van der Waals surface area (Å²) < 4.78 is 59.6. The molecule has 0 saturated carbocycles. The maximum Gasteiger partial charge on any atom is 0.224 e. The molecule has 1 unspecified atom stereocenters. The van der Waals surface area contributed by atoms with Crippen LogP contribution in [0.25, 0.3) is 0 Å². The minimum Gasteiger partial charge on any atom is -0.387 e. The second kappa shape index (κ2) is 7.55. The van der Waals surface area contributed by atoms with Crippen molar-refractivity contribution in [3.05, 3.63) is 58.4 Å². The van der Waals surface area contributed by atoms with Crippen molar-refractivity contribution in [1.29, 1.82) is 0 Å². The Hall–Kier alpha value is -2.40. The minimum atomic E-state index is -2.85. The van der Waals surface area contributed by atoms with Gasteiger partial charge in [0.25, 0.3) is 0 Å². The predicted molar refractivity (Wildman–Crippen MR) is 111 cm³/mol. The quantitative estimate of drug-likeness (QED) is 0.786. The molecule has 2 aromatic carbocycles. The van der Waals surface area contributed by atoms with Gasteiger partial charge in [-0.25, -0.2) is 4.39 Å². The molecule has 1 aliphatic rings. The second-order valence-corrected chi connectivity index (χ2v) is 7.75. The van der Waals surface area contributed by atoms with Crippen LogP contribution in [0, 0.1) is 25.1 Å².